The molecule has 7 rings (SSSR count). The van der Waals surface area contributed by atoms with Crippen molar-refractivity contribution < 1.29 is 9.31 Å². The SMILES string of the molecule is C=C1OB(c2ccc3c4nc5ccccc5cc4c4nc5ccccc5n4c3c2)OC1(C)C. The maximum atomic E-state index is 6.16. The van der Waals surface area contributed by atoms with E-state index in [1.165, 1.54) is 0 Å². The summed E-state index contributed by atoms with van der Waals surface area (Å²) >= 11 is 0. The molecule has 1 fully saturated rings. The Bertz CT molecular complexity index is 1790. The minimum atomic E-state index is -0.527. The van der Waals surface area contributed by atoms with Gasteiger partial charge in [0.15, 0.2) is 0 Å². The lowest BCUT2D eigenvalue weighted by Crippen LogP contribution is -2.34. The van der Waals surface area contributed by atoms with Crippen LogP contribution in [-0.4, -0.2) is 27.1 Å². The van der Waals surface area contributed by atoms with Crippen molar-refractivity contribution in [2.24, 2.45) is 0 Å². The summed E-state index contributed by atoms with van der Waals surface area (Å²) in [5, 5.41) is 3.20. The zero-order chi connectivity index (χ0) is 22.3. The van der Waals surface area contributed by atoms with E-state index in [0.29, 0.717) is 5.76 Å². The molecule has 0 aliphatic carbocycles. The Morgan fingerprint density at radius 3 is 2.45 bits per heavy atom. The number of benzene rings is 3. The number of hydrogen-bond acceptors (Lipinski definition) is 4. The van der Waals surface area contributed by atoms with Crippen molar-refractivity contribution in [1.82, 2.24) is 14.4 Å². The number of imidazole rings is 1. The molecule has 33 heavy (non-hydrogen) atoms. The predicted molar refractivity (Wildman–Crippen MR) is 134 cm³/mol. The van der Waals surface area contributed by atoms with E-state index in [2.05, 4.69) is 53.4 Å². The molecule has 0 bridgehead atoms. The summed E-state index contributed by atoms with van der Waals surface area (Å²) in [6.07, 6.45) is 0. The molecule has 5 nitrogen and oxygen atoms in total. The van der Waals surface area contributed by atoms with Crippen molar-refractivity contribution in [3.63, 3.8) is 0 Å². The van der Waals surface area contributed by atoms with Gasteiger partial charge < -0.3 is 9.31 Å². The molecule has 158 valence electrons. The normalized spacial score (nSPS) is 15.9. The van der Waals surface area contributed by atoms with Crippen LogP contribution in [0.15, 0.2) is 85.1 Å². The van der Waals surface area contributed by atoms with Crippen LogP contribution >= 0.6 is 0 Å². The van der Waals surface area contributed by atoms with Crippen molar-refractivity contribution in [3.05, 3.63) is 85.1 Å². The molecule has 0 radical (unpaired) electrons. The van der Waals surface area contributed by atoms with Gasteiger partial charge in [-0.05, 0) is 49.6 Å². The predicted octanol–water partition coefficient (Wildman–Crippen LogP) is 5.38. The highest BCUT2D eigenvalue weighted by molar-refractivity contribution is 6.62. The molecule has 6 aromatic rings. The van der Waals surface area contributed by atoms with E-state index in [-0.39, 0.29) is 0 Å². The number of hydrogen-bond donors (Lipinski definition) is 0. The van der Waals surface area contributed by atoms with Gasteiger partial charge >= 0.3 is 7.12 Å². The number of nitrogens with zero attached hydrogens (tertiary/aromatic N) is 3. The number of fused-ring (bicyclic) bond motifs is 9. The monoisotopic (exact) mass is 429 g/mol. The van der Waals surface area contributed by atoms with Gasteiger partial charge in [0, 0.05) is 16.2 Å². The average Bonchev–Trinajstić information content (AvgIpc) is 3.35. The second-order valence-electron chi connectivity index (χ2n) is 9.11. The molecule has 0 spiro atoms. The van der Waals surface area contributed by atoms with Gasteiger partial charge in [-0.25, -0.2) is 9.97 Å². The maximum absolute atomic E-state index is 6.16. The second-order valence-corrected chi connectivity index (χ2v) is 9.11. The first-order valence-electron chi connectivity index (χ1n) is 11.1. The Labute approximate surface area is 190 Å². The van der Waals surface area contributed by atoms with Gasteiger partial charge in [-0.1, -0.05) is 49.0 Å². The first-order valence-corrected chi connectivity index (χ1v) is 11.1. The quantitative estimate of drug-likeness (QED) is 0.200. The fraction of sp³-hybridized carbons (Fsp3) is 0.111. The molecule has 0 saturated carbocycles. The van der Waals surface area contributed by atoms with Crippen LogP contribution in [0.2, 0.25) is 0 Å². The van der Waals surface area contributed by atoms with Gasteiger partial charge in [0.05, 0.1) is 33.3 Å². The van der Waals surface area contributed by atoms with E-state index < -0.39 is 12.7 Å². The highest BCUT2D eigenvalue weighted by atomic mass is 16.7. The average molecular weight is 429 g/mol. The zero-order valence-electron chi connectivity index (χ0n) is 18.4. The Hall–Kier alpha value is -3.90. The first kappa shape index (κ1) is 18.7. The summed E-state index contributed by atoms with van der Waals surface area (Å²) in [4.78, 5) is 10.1. The van der Waals surface area contributed by atoms with Crippen LogP contribution in [0, 0.1) is 0 Å². The van der Waals surface area contributed by atoms with Gasteiger partial charge in [-0.15, -0.1) is 0 Å². The smallest absolute Gasteiger partial charge is 0.534 e. The zero-order valence-corrected chi connectivity index (χ0v) is 18.4. The van der Waals surface area contributed by atoms with Gasteiger partial charge in [0.25, 0.3) is 0 Å². The van der Waals surface area contributed by atoms with Crippen LogP contribution in [0.1, 0.15) is 13.8 Å². The Morgan fingerprint density at radius 1 is 0.848 bits per heavy atom. The van der Waals surface area contributed by atoms with E-state index in [4.69, 9.17) is 19.3 Å². The standard InChI is InChI=1S/C27H20BN3O2/c1-16-27(2,3)33-28(32-16)18-12-13-19-24(15-18)31-23-11-7-6-10-22(23)30-26(31)20-14-17-8-4-5-9-21(17)29-25(19)20/h4-15H,1H2,2-3H3. The van der Waals surface area contributed by atoms with Crippen molar-refractivity contribution in [1.29, 1.82) is 0 Å². The molecule has 1 saturated heterocycles. The molecule has 0 unspecified atom stereocenters. The van der Waals surface area contributed by atoms with Crippen LogP contribution in [-0.2, 0) is 9.31 Å². The fourth-order valence-electron chi connectivity index (χ4n) is 4.79. The summed E-state index contributed by atoms with van der Waals surface area (Å²) in [6.45, 7) is 7.97. The first-order chi connectivity index (χ1) is 16.0. The van der Waals surface area contributed by atoms with Gasteiger partial charge in [-0.3, -0.25) is 4.40 Å². The number of pyridine rings is 2. The molecule has 0 atom stereocenters. The van der Waals surface area contributed by atoms with Crippen LogP contribution in [0.5, 0.6) is 0 Å². The minimum Gasteiger partial charge on any atom is -0.534 e. The van der Waals surface area contributed by atoms with Crippen molar-refractivity contribution in [3.8, 4) is 0 Å². The van der Waals surface area contributed by atoms with E-state index in [9.17, 15) is 0 Å². The molecule has 0 N–H and O–H groups in total. The van der Waals surface area contributed by atoms with Crippen LogP contribution in [0.25, 0.3) is 49.4 Å². The fourth-order valence-corrected chi connectivity index (χ4v) is 4.79. The van der Waals surface area contributed by atoms with E-state index in [0.717, 1.165) is 54.9 Å². The van der Waals surface area contributed by atoms with Crippen molar-refractivity contribution >= 4 is 62.0 Å². The lowest BCUT2D eigenvalue weighted by molar-refractivity contribution is 0.173. The summed E-state index contributed by atoms with van der Waals surface area (Å²) in [5.41, 5.74) is 6.25. The van der Waals surface area contributed by atoms with Crippen LogP contribution in [0.3, 0.4) is 0 Å². The summed E-state index contributed by atoms with van der Waals surface area (Å²) in [6, 6.07) is 24.9. The van der Waals surface area contributed by atoms with Crippen molar-refractivity contribution in [2.45, 2.75) is 19.4 Å². The Balaban J connectivity index is 1.62. The van der Waals surface area contributed by atoms with Crippen molar-refractivity contribution in [2.75, 3.05) is 0 Å². The van der Waals surface area contributed by atoms with Crippen LogP contribution < -0.4 is 5.46 Å². The van der Waals surface area contributed by atoms with E-state index in [1.807, 2.05) is 44.2 Å². The van der Waals surface area contributed by atoms with Gasteiger partial charge in [0.1, 0.15) is 11.2 Å². The second kappa shape index (κ2) is 6.33. The molecule has 0 amide bonds. The molecular weight excluding hydrogens is 409 g/mol. The maximum Gasteiger partial charge on any atom is 0.563 e. The third-order valence-electron chi connectivity index (χ3n) is 6.64. The number of para-hydroxylation sites is 3. The van der Waals surface area contributed by atoms with Gasteiger partial charge in [-0.2, -0.15) is 0 Å². The topological polar surface area (TPSA) is 48.7 Å². The molecule has 4 heterocycles. The van der Waals surface area contributed by atoms with Crippen LogP contribution in [0.4, 0.5) is 0 Å². The highest BCUT2D eigenvalue weighted by Gasteiger charge is 2.42. The largest absolute Gasteiger partial charge is 0.563 e. The third kappa shape index (κ3) is 2.58. The third-order valence-corrected chi connectivity index (χ3v) is 6.64. The number of aromatic nitrogens is 3. The highest BCUT2D eigenvalue weighted by Crippen LogP contribution is 2.34. The lowest BCUT2D eigenvalue weighted by Gasteiger charge is -2.15. The lowest BCUT2D eigenvalue weighted by atomic mass is 9.78. The van der Waals surface area contributed by atoms with E-state index in [1.54, 1.807) is 0 Å². The molecule has 6 heteroatoms. The molecule has 1 aliphatic rings. The van der Waals surface area contributed by atoms with Gasteiger partial charge in [0.2, 0.25) is 0 Å². The Morgan fingerprint density at radius 2 is 1.64 bits per heavy atom. The number of rotatable bonds is 1. The summed E-state index contributed by atoms with van der Waals surface area (Å²) < 4.78 is 14.4. The Kier molecular flexibility index (Phi) is 3.58. The molecular formula is C27H20BN3O2. The molecule has 3 aromatic carbocycles. The summed E-state index contributed by atoms with van der Waals surface area (Å²) in [7, 11) is -0.498. The van der Waals surface area contributed by atoms with E-state index >= 15 is 0 Å². The summed E-state index contributed by atoms with van der Waals surface area (Å²) in [5.74, 6) is 0.637. The molecule has 1 aliphatic heterocycles. The molecule has 3 aromatic heterocycles. The minimum absolute atomic E-state index is 0.498.